The molecule has 2 N–H and O–H groups in total. The van der Waals surface area contributed by atoms with Crippen molar-refractivity contribution in [1.29, 1.82) is 0 Å². The lowest BCUT2D eigenvalue weighted by Crippen LogP contribution is -2.54. The van der Waals surface area contributed by atoms with Gasteiger partial charge in [-0.25, -0.2) is 4.99 Å². The molecular formula is C26H26N4OS. The van der Waals surface area contributed by atoms with Crippen LogP contribution < -0.4 is 5.73 Å². The molecule has 5 nitrogen and oxygen atoms in total. The molecule has 1 fully saturated rings. The van der Waals surface area contributed by atoms with Crippen LogP contribution >= 0.6 is 11.8 Å². The number of hydrogen-bond acceptors (Lipinski definition) is 5. The van der Waals surface area contributed by atoms with Crippen molar-refractivity contribution in [3.8, 4) is 0 Å². The monoisotopic (exact) mass is 442 g/mol. The van der Waals surface area contributed by atoms with E-state index in [0.29, 0.717) is 19.5 Å². The normalized spacial score (nSPS) is 16.5. The fourth-order valence-corrected chi connectivity index (χ4v) is 5.26. The Bertz CT molecular complexity index is 1140. The number of rotatable bonds is 3. The maximum atomic E-state index is 13.0. The van der Waals surface area contributed by atoms with Crippen LogP contribution in [-0.4, -0.2) is 53.8 Å². The zero-order chi connectivity index (χ0) is 21.9. The zero-order valence-electron chi connectivity index (χ0n) is 17.9. The summed E-state index contributed by atoms with van der Waals surface area (Å²) in [6, 6.07) is 26.1. The molecule has 32 heavy (non-hydrogen) atoms. The number of hydrogen-bond donors (Lipinski definition) is 1. The summed E-state index contributed by atoms with van der Waals surface area (Å²) in [6.45, 7) is 2.78. The van der Waals surface area contributed by atoms with E-state index >= 15 is 0 Å². The molecule has 1 saturated heterocycles. The van der Waals surface area contributed by atoms with E-state index in [1.807, 2.05) is 41.3 Å². The lowest BCUT2D eigenvalue weighted by Gasteiger charge is -2.37. The number of aliphatic imine (C=N–C) groups is 1. The first kappa shape index (κ1) is 20.8. The summed E-state index contributed by atoms with van der Waals surface area (Å²) in [5.41, 5.74) is 9.49. The second kappa shape index (κ2) is 9.18. The smallest absolute Gasteiger partial charge is 0.239 e. The molecular weight excluding hydrogens is 416 g/mol. The van der Waals surface area contributed by atoms with E-state index in [1.54, 1.807) is 11.8 Å². The summed E-state index contributed by atoms with van der Waals surface area (Å²) >= 11 is 1.76. The molecule has 1 atom stereocenters. The van der Waals surface area contributed by atoms with Crippen LogP contribution in [0.25, 0.3) is 0 Å². The van der Waals surface area contributed by atoms with Gasteiger partial charge < -0.3 is 15.5 Å². The number of carbonyl (C=O) groups excluding carboxylic acids is 1. The molecule has 2 heterocycles. The fraction of sp³-hybridized carbons (Fsp3) is 0.231. The van der Waals surface area contributed by atoms with E-state index in [0.717, 1.165) is 40.6 Å². The molecule has 3 aromatic rings. The maximum absolute atomic E-state index is 13.0. The van der Waals surface area contributed by atoms with Crippen molar-refractivity contribution >= 4 is 29.2 Å². The third-order valence-corrected chi connectivity index (χ3v) is 7.09. The summed E-state index contributed by atoms with van der Waals surface area (Å²) in [5, 5.41) is 0. The molecule has 0 bridgehead atoms. The van der Waals surface area contributed by atoms with Crippen molar-refractivity contribution < 1.29 is 4.79 Å². The predicted molar refractivity (Wildman–Crippen MR) is 129 cm³/mol. The van der Waals surface area contributed by atoms with E-state index in [9.17, 15) is 4.79 Å². The SMILES string of the molecule is N[C@@H](Cc1ccccc1)C(=O)N1CCN(C2=Nc3ccccc3Sc3ccccc32)CC1. The molecule has 0 radical (unpaired) electrons. The Morgan fingerprint density at radius 1 is 0.875 bits per heavy atom. The summed E-state index contributed by atoms with van der Waals surface area (Å²) in [7, 11) is 0. The Kier molecular flexibility index (Phi) is 5.97. The van der Waals surface area contributed by atoms with Crippen LogP contribution in [0.5, 0.6) is 0 Å². The minimum Gasteiger partial charge on any atom is -0.353 e. The van der Waals surface area contributed by atoms with Crippen LogP contribution in [0.15, 0.2) is 93.6 Å². The first-order valence-electron chi connectivity index (χ1n) is 11.0. The molecule has 2 aliphatic rings. The van der Waals surface area contributed by atoms with Crippen LogP contribution in [0.3, 0.4) is 0 Å². The van der Waals surface area contributed by atoms with E-state index in [-0.39, 0.29) is 5.91 Å². The molecule has 0 aromatic heterocycles. The molecule has 0 spiro atoms. The number of para-hydroxylation sites is 1. The quantitative estimate of drug-likeness (QED) is 0.667. The number of fused-ring (bicyclic) bond motifs is 2. The first-order chi connectivity index (χ1) is 15.7. The van der Waals surface area contributed by atoms with Crippen LogP contribution in [0.1, 0.15) is 11.1 Å². The first-order valence-corrected chi connectivity index (χ1v) is 11.8. The summed E-state index contributed by atoms with van der Waals surface area (Å²) in [6.07, 6.45) is 0.563. The highest BCUT2D eigenvalue weighted by Crippen LogP contribution is 2.40. The third-order valence-electron chi connectivity index (χ3n) is 5.95. The molecule has 3 aromatic carbocycles. The van der Waals surface area contributed by atoms with Crippen LogP contribution in [0.2, 0.25) is 0 Å². The highest BCUT2D eigenvalue weighted by molar-refractivity contribution is 7.99. The summed E-state index contributed by atoms with van der Waals surface area (Å²) in [4.78, 5) is 24.6. The molecule has 162 valence electrons. The average molecular weight is 443 g/mol. The number of amides is 1. The van der Waals surface area contributed by atoms with Gasteiger partial charge in [0.15, 0.2) is 0 Å². The predicted octanol–water partition coefficient (Wildman–Crippen LogP) is 3.94. The van der Waals surface area contributed by atoms with Crippen molar-refractivity contribution in [3.63, 3.8) is 0 Å². The molecule has 5 rings (SSSR count). The average Bonchev–Trinajstić information content (AvgIpc) is 3.01. The molecule has 0 saturated carbocycles. The Morgan fingerprint density at radius 3 is 2.31 bits per heavy atom. The fourth-order valence-electron chi connectivity index (χ4n) is 4.24. The standard InChI is InChI=1S/C26H26N4OS/c27-21(18-19-8-2-1-3-9-19)26(31)30-16-14-29(15-17-30)25-20-10-4-6-12-23(20)32-24-13-7-5-11-22(24)28-25/h1-13,21H,14-18,27H2/t21-/m0/s1. The third kappa shape index (κ3) is 4.29. The van der Waals surface area contributed by atoms with E-state index in [4.69, 9.17) is 10.7 Å². The topological polar surface area (TPSA) is 61.9 Å². The van der Waals surface area contributed by atoms with Gasteiger partial charge >= 0.3 is 0 Å². The summed E-state index contributed by atoms with van der Waals surface area (Å²) in [5.74, 6) is 1.01. The number of amidine groups is 1. The second-order valence-corrected chi connectivity index (χ2v) is 9.19. The molecule has 2 aliphatic heterocycles. The van der Waals surface area contributed by atoms with E-state index in [1.165, 1.54) is 4.90 Å². The van der Waals surface area contributed by atoms with E-state index < -0.39 is 6.04 Å². The minimum absolute atomic E-state index is 0.0256. The number of nitrogens with two attached hydrogens (primary N) is 1. The number of piperazine rings is 1. The molecule has 6 heteroatoms. The van der Waals surface area contributed by atoms with Crippen LogP contribution in [-0.2, 0) is 11.2 Å². The molecule has 0 unspecified atom stereocenters. The molecule has 1 amide bonds. The Labute approximate surface area is 192 Å². The van der Waals surface area contributed by atoms with Gasteiger partial charge in [-0.3, -0.25) is 4.79 Å². The zero-order valence-corrected chi connectivity index (χ0v) is 18.7. The number of nitrogens with zero attached hydrogens (tertiary/aromatic N) is 3. The Morgan fingerprint density at radius 2 is 1.53 bits per heavy atom. The maximum Gasteiger partial charge on any atom is 0.239 e. The van der Waals surface area contributed by atoms with Crippen molar-refractivity contribution in [2.45, 2.75) is 22.3 Å². The van der Waals surface area contributed by atoms with Gasteiger partial charge in [0.2, 0.25) is 5.91 Å². The van der Waals surface area contributed by atoms with Gasteiger partial charge in [-0.2, -0.15) is 0 Å². The van der Waals surface area contributed by atoms with Crippen molar-refractivity contribution in [1.82, 2.24) is 9.80 Å². The minimum atomic E-state index is -0.511. The number of benzene rings is 3. The van der Waals surface area contributed by atoms with Crippen molar-refractivity contribution in [3.05, 3.63) is 90.0 Å². The van der Waals surface area contributed by atoms with Crippen molar-refractivity contribution in [2.24, 2.45) is 10.7 Å². The second-order valence-electron chi connectivity index (χ2n) is 8.11. The summed E-state index contributed by atoms with van der Waals surface area (Å²) < 4.78 is 0. The van der Waals surface area contributed by atoms with E-state index in [2.05, 4.69) is 47.4 Å². The van der Waals surface area contributed by atoms with Gasteiger partial charge in [-0.15, -0.1) is 0 Å². The highest BCUT2D eigenvalue weighted by Gasteiger charge is 2.29. The molecule has 0 aliphatic carbocycles. The van der Waals surface area contributed by atoms with Crippen LogP contribution in [0.4, 0.5) is 5.69 Å². The van der Waals surface area contributed by atoms with Crippen molar-refractivity contribution in [2.75, 3.05) is 26.2 Å². The van der Waals surface area contributed by atoms with Crippen LogP contribution in [0, 0.1) is 0 Å². The van der Waals surface area contributed by atoms with Gasteiger partial charge in [-0.05, 0) is 30.2 Å². The van der Waals surface area contributed by atoms with Gasteiger partial charge in [0.25, 0.3) is 0 Å². The number of carbonyl (C=O) groups is 1. The van der Waals surface area contributed by atoms with Gasteiger partial charge in [0.05, 0.1) is 11.7 Å². The Hall–Kier alpha value is -3.09. The van der Waals surface area contributed by atoms with Gasteiger partial charge in [0.1, 0.15) is 5.84 Å². The van der Waals surface area contributed by atoms with Gasteiger partial charge in [0, 0.05) is 41.5 Å². The highest BCUT2D eigenvalue weighted by atomic mass is 32.2. The Balaban J connectivity index is 1.31. The largest absolute Gasteiger partial charge is 0.353 e. The lowest BCUT2D eigenvalue weighted by atomic mass is 10.1. The lowest BCUT2D eigenvalue weighted by molar-refractivity contribution is -0.133. The van der Waals surface area contributed by atoms with Gasteiger partial charge in [-0.1, -0.05) is 72.4 Å².